The summed E-state index contributed by atoms with van der Waals surface area (Å²) in [5.41, 5.74) is 2.53. The minimum absolute atomic E-state index is 0.132. The number of ketones is 1. The van der Waals surface area contributed by atoms with E-state index in [-0.39, 0.29) is 5.78 Å². The van der Waals surface area contributed by atoms with Crippen LogP contribution in [0.5, 0.6) is 0 Å². The molecule has 1 aromatic heterocycles. The predicted molar refractivity (Wildman–Crippen MR) is 112 cm³/mol. The predicted octanol–water partition coefficient (Wildman–Crippen LogP) is 3.37. The van der Waals surface area contributed by atoms with E-state index in [0.717, 1.165) is 11.1 Å². The van der Waals surface area contributed by atoms with Crippen molar-refractivity contribution in [3.8, 4) is 0 Å². The summed E-state index contributed by atoms with van der Waals surface area (Å²) in [5, 5.41) is 3.74. The number of anilines is 1. The Morgan fingerprint density at radius 3 is 2.52 bits per heavy atom. The molecule has 7 heteroatoms. The van der Waals surface area contributed by atoms with Gasteiger partial charge in [0.05, 0.1) is 11.3 Å². The Morgan fingerprint density at radius 1 is 1.03 bits per heavy atom. The number of benzene rings is 2. The Kier molecular flexibility index (Phi) is 3.86. The molecule has 1 aliphatic carbocycles. The van der Waals surface area contributed by atoms with Crippen LogP contribution in [-0.2, 0) is 6.54 Å². The zero-order valence-corrected chi connectivity index (χ0v) is 16.2. The summed E-state index contributed by atoms with van der Waals surface area (Å²) in [7, 11) is 0. The molecule has 0 amide bonds. The van der Waals surface area contributed by atoms with Gasteiger partial charge in [0.2, 0.25) is 0 Å². The molecular weight excluding hydrogens is 390 g/mol. The number of fused-ring (bicyclic) bond motifs is 3. The monoisotopic (exact) mass is 405 g/mol. The van der Waals surface area contributed by atoms with Crippen LogP contribution < -0.4 is 16.6 Å². The molecule has 2 aliphatic rings. The first-order valence-electron chi connectivity index (χ1n) is 9.29. The number of allylic oxidation sites excluding steroid dienone is 1. The molecule has 0 spiro atoms. The Balaban J connectivity index is 1.89. The van der Waals surface area contributed by atoms with Gasteiger partial charge >= 0.3 is 5.69 Å². The highest BCUT2D eigenvalue weighted by Gasteiger charge is 2.42. The summed E-state index contributed by atoms with van der Waals surface area (Å²) in [5.74, 6) is -0.358. The molecule has 29 heavy (non-hydrogen) atoms. The largest absolute Gasteiger partial charge is 0.340 e. The number of halogens is 1. The quantitative estimate of drug-likeness (QED) is 0.684. The average Bonchev–Trinajstić information content (AvgIpc) is 2.99. The highest BCUT2D eigenvalue weighted by molar-refractivity contribution is 6.30. The van der Waals surface area contributed by atoms with E-state index in [1.54, 1.807) is 24.3 Å². The Bertz CT molecular complexity index is 1350. The molecule has 0 saturated carbocycles. The van der Waals surface area contributed by atoms with Gasteiger partial charge in [0.1, 0.15) is 5.82 Å². The maximum Gasteiger partial charge on any atom is 0.329 e. The number of nitrogens with one attached hydrogen (secondary N) is 2. The summed E-state index contributed by atoms with van der Waals surface area (Å²) in [6.07, 6.45) is 0. The molecule has 1 aliphatic heterocycles. The SMILES string of the molecule is CCn1c2c(c(=O)[nH]c1=O)[C@H](c1cccc(Cl)c1)C1=C(N2)c2ccccc2C1=O. The molecule has 0 saturated heterocycles. The normalized spacial score (nSPS) is 16.9. The van der Waals surface area contributed by atoms with Gasteiger partial charge in [0.15, 0.2) is 5.78 Å². The molecule has 0 fully saturated rings. The van der Waals surface area contributed by atoms with Gasteiger partial charge in [-0.3, -0.25) is 19.1 Å². The number of hydrogen-bond acceptors (Lipinski definition) is 4. The van der Waals surface area contributed by atoms with Crippen LogP contribution in [0, 0.1) is 0 Å². The van der Waals surface area contributed by atoms with Crippen LogP contribution in [0.4, 0.5) is 5.82 Å². The number of hydrogen-bond donors (Lipinski definition) is 2. The van der Waals surface area contributed by atoms with E-state index in [9.17, 15) is 14.4 Å². The van der Waals surface area contributed by atoms with Crippen LogP contribution in [0.15, 0.2) is 63.7 Å². The van der Waals surface area contributed by atoms with Crippen molar-refractivity contribution in [1.29, 1.82) is 0 Å². The van der Waals surface area contributed by atoms with Gasteiger partial charge in [-0.05, 0) is 24.6 Å². The van der Waals surface area contributed by atoms with Gasteiger partial charge in [-0.1, -0.05) is 48.0 Å². The second-order valence-electron chi connectivity index (χ2n) is 7.04. The number of carbonyl (C=O) groups is 1. The summed E-state index contributed by atoms with van der Waals surface area (Å²) in [6, 6.07) is 14.4. The Morgan fingerprint density at radius 2 is 1.79 bits per heavy atom. The van der Waals surface area contributed by atoms with Crippen LogP contribution in [0.2, 0.25) is 5.02 Å². The van der Waals surface area contributed by atoms with Crippen molar-refractivity contribution in [2.45, 2.75) is 19.4 Å². The molecule has 6 nitrogen and oxygen atoms in total. The van der Waals surface area contributed by atoms with E-state index < -0.39 is 17.2 Å². The number of aromatic amines is 1. The molecule has 2 aromatic carbocycles. The van der Waals surface area contributed by atoms with Gasteiger partial charge in [-0.25, -0.2) is 4.79 Å². The van der Waals surface area contributed by atoms with E-state index in [0.29, 0.717) is 39.8 Å². The zero-order chi connectivity index (χ0) is 20.3. The van der Waals surface area contributed by atoms with E-state index in [2.05, 4.69) is 10.3 Å². The first kappa shape index (κ1) is 17.7. The van der Waals surface area contributed by atoms with Crippen molar-refractivity contribution in [3.63, 3.8) is 0 Å². The molecule has 0 radical (unpaired) electrons. The van der Waals surface area contributed by atoms with Crippen LogP contribution in [0.1, 0.15) is 39.9 Å². The maximum atomic E-state index is 13.3. The van der Waals surface area contributed by atoms with Gasteiger partial charge in [-0.15, -0.1) is 0 Å². The number of nitrogens with zero attached hydrogens (tertiary/aromatic N) is 1. The van der Waals surface area contributed by atoms with Crippen molar-refractivity contribution in [1.82, 2.24) is 9.55 Å². The molecule has 1 atom stereocenters. The topological polar surface area (TPSA) is 84.0 Å². The van der Waals surface area contributed by atoms with E-state index in [1.165, 1.54) is 4.57 Å². The summed E-state index contributed by atoms with van der Waals surface area (Å²) in [4.78, 5) is 41.0. The van der Waals surface area contributed by atoms with E-state index in [4.69, 9.17) is 11.6 Å². The first-order chi connectivity index (χ1) is 14.0. The van der Waals surface area contributed by atoms with Gasteiger partial charge in [0, 0.05) is 34.2 Å². The summed E-state index contributed by atoms with van der Waals surface area (Å²) in [6.45, 7) is 2.19. The van der Waals surface area contributed by atoms with Crippen LogP contribution >= 0.6 is 11.6 Å². The lowest BCUT2D eigenvalue weighted by atomic mass is 9.81. The van der Waals surface area contributed by atoms with Crippen molar-refractivity contribution in [2.75, 3.05) is 5.32 Å². The van der Waals surface area contributed by atoms with Crippen LogP contribution in [0.3, 0.4) is 0 Å². The molecule has 144 valence electrons. The van der Waals surface area contributed by atoms with Gasteiger partial charge < -0.3 is 5.32 Å². The van der Waals surface area contributed by atoms with Crippen molar-refractivity contribution in [2.24, 2.45) is 0 Å². The lowest BCUT2D eigenvalue weighted by molar-refractivity contribution is 0.103. The number of rotatable bonds is 2. The van der Waals surface area contributed by atoms with Crippen molar-refractivity contribution in [3.05, 3.63) is 102 Å². The second-order valence-corrected chi connectivity index (χ2v) is 7.48. The number of Topliss-reactive ketones (excluding diaryl/α,β-unsaturated/α-hetero) is 1. The molecular formula is C22H16ClN3O3. The number of H-pyrrole nitrogens is 1. The molecule has 3 aromatic rings. The minimum Gasteiger partial charge on any atom is -0.340 e. The first-order valence-corrected chi connectivity index (χ1v) is 9.66. The van der Waals surface area contributed by atoms with Crippen molar-refractivity contribution < 1.29 is 4.79 Å². The fourth-order valence-electron chi connectivity index (χ4n) is 4.29. The maximum absolute atomic E-state index is 13.3. The average molecular weight is 406 g/mol. The standard InChI is InChI=1S/C22H16ClN3O3/c1-2-26-20-17(21(28)25-22(26)29)15(11-6-5-7-12(23)10-11)16-18(24-20)13-8-3-4-9-14(13)19(16)27/h3-10,15,24H,2H2,1H3,(H,25,28,29)/t15-/m1/s1. The minimum atomic E-state index is -0.637. The molecule has 5 rings (SSSR count). The fourth-order valence-corrected chi connectivity index (χ4v) is 4.48. The van der Waals surface area contributed by atoms with Crippen LogP contribution in [0.25, 0.3) is 5.70 Å². The summed E-state index contributed by atoms with van der Waals surface area (Å²) >= 11 is 6.23. The molecule has 0 unspecified atom stereocenters. The highest BCUT2D eigenvalue weighted by Crippen LogP contribution is 2.47. The van der Waals surface area contributed by atoms with Crippen molar-refractivity contribution >= 4 is 28.9 Å². The molecule has 0 bridgehead atoms. The van der Waals surface area contributed by atoms with Crippen LogP contribution in [-0.4, -0.2) is 15.3 Å². The van der Waals surface area contributed by atoms with Gasteiger partial charge in [0.25, 0.3) is 5.56 Å². The lowest BCUT2D eigenvalue weighted by Crippen LogP contribution is -2.38. The highest BCUT2D eigenvalue weighted by atomic mass is 35.5. The second kappa shape index (κ2) is 6.32. The zero-order valence-electron chi connectivity index (χ0n) is 15.5. The Hall–Kier alpha value is -3.38. The Labute approximate surface area is 170 Å². The number of carbonyl (C=O) groups excluding carboxylic acids is 1. The smallest absolute Gasteiger partial charge is 0.329 e. The molecule has 2 N–H and O–H groups in total. The third kappa shape index (κ3) is 2.46. The third-order valence-electron chi connectivity index (χ3n) is 5.51. The number of aromatic nitrogens is 2. The fraction of sp³-hybridized carbons (Fsp3) is 0.136. The van der Waals surface area contributed by atoms with Gasteiger partial charge in [-0.2, -0.15) is 0 Å². The lowest BCUT2D eigenvalue weighted by Gasteiger charge is -2.29. The summed E-state index contributed by atoms with van der Waals surface area (Å²) < 4.78 is 1.48. The molecule has 2 heterocycles. The van der Waals surface area contributed by atoms with E-state index in [1.807, 2.05) is 31.2 Å². The van der Waals surface area contributed by atoms with E-state index >= 15 is 0 Å². The third-order valence-corrected chi connectivity index (χ3v) is 5.74.